The summed E-state index contributed by atoms with van der Waals surface area (Å²) in [6, 6.07) is 42.8. The lowest BCUT2D eigenvalue weighted by Crippen LogP contribution is -2.02. The molecule has 10 rings (SSSR count). The second-order valence-corrected chi connectivity index (χ2v) is 10.9. The number of hydrogen-bond acceptors (Lipinski definition) is 3. The van der Waals surface area contributed by atoms with Gasteiger partial charge in [0.25, 0.3) is 0 Å². The fraction of sp³-hybridized carbons (Fsp3) is 0. The van der Waals surface area contributed by atoms with Crippen molar-refractivity contribution in [1.82, 2.24) is 18.9 Å². The van der Waals surface area contributed by atoms with Crippen LogP contribution in [0.15, 0.2) is 115 Å². The Balaban J connectivity index is 1.56. The number of nitrogens with zero attached hydrogens (tertiary/aromatic N) is 5. The highest BCUT2D eigenvalue weighted by atomic mass is 15.1. The first-order chi connectivity index (χ1) is 20.8. The van der Waals surface area contributed by atoms with Gasteiger partial charge in [0.2, 0.25) is 5.82 Å². The van der Waals surface area contributed by atoms with Crippen LogP contribution in [0.3, 0.4) is 0 Å². The van der Waals surface area contributed by atoms with Crippen LogP contribution in [-0.2, 0) is 0 Å². The summed E-state index contributed by atoms with van der Waals surface area (Å²) in [5.74, 6) is 0.878. The highest BCUT2D eigenvalue weighted by Gasteiger charge is 2.25. The monoisotopic (exact) mass is 533 g/mol. The first kappa shape index (κ1) is 21.8. The quantitative estimate of drug-likeness (QED) is 0.212. The first-order valence-corrected chi connectivity index (χ1v) is 14.0. The molecule has 0 N–H and O–H groups in total. The molecule has 4 heterocycles. The van der Waals surface area contributed by atoms with Crippen LogP contribution in [0, 0.1) is 11.3 Å². The molecule has 0 saturated carbocycles. The molecule has 4 aromatic heterocycles. The molecule has 0 saturated heterocycles. The van der Waals surface area contributed by atoms with Crippen LogP contribution in [0.25, 0.3) is 87.4 Å². The predicted molar refractivity (Wildman–Crippen MR) is 171 cm³/mol. The highest BCUT2D eigenvalue weighted by molar-refractivity contribution is 6.38. The maximum absolute atomic E-state index is 9.89. The molecule has 0 aliphatic heterocycles. The summed E-state index contributed by atoms with van der Waals surface area (Å²) in [5, 5.41) is 20.5. The number of benzene rings is 6. The lowest BCUT2D eigenvalue weighted by Gasteiger charge is -2.11. The Morgan fingerprint density at radius 1 is 0.524 bits per heavy atom. The van der Waals surface area contributed by atoms with Crippen LogP contribution in [0.2, 0.25) is 0 Å². The third-order valence-corrected chi connectivity index (χ3v) is 8.89. The van der Waals surface area contributed by atoms with Crippen LogP contribution < -0.4 is 0 Å². The van der Waals surface area contributed by atoms with E-state index in [1.807, 2.05) is 24.3 Å². The molecule has 192 valence electrons. The van der Waals surface area contributed by atoms with Crippen molar-refractivity contribution in [2.45, 2.75) is 0 Å². The van der Waals surface area contributed by atoms with E-state index in [1.165, 1.54) is 54.3 Å². The van der Waals surface area contributed by atoms with Crippen LogP contribution >= 0.6 is 0 Å². The van der Waals surface area contributed by atoms with Crippen molar-refractivity contribution in [1.29, 1.82) is 5.26 Å². The molecular formula is C37H19N5. The summed E-state index contributed by atoms with van der Waals surface area (Å²) in [4.78, 5) is 9.36. The normalized spacial score (nSPS) is 12.3. The molecule has 0 unspecified atom stereocenters. The molecule has 0 amide bonds. The van der Waals surface area contributed by atoms with Crippen LogP contribution in [-0.4, -0.2) is 18.9 Å². The van der Waals surface area contributed by atoms with E-state index in [0.717, 1.165) is 33.1 Å². The number of rotatable bonds is 1. The van der Waals surface area contributed by atoms with Gasteiger partial charge in [0.05, 0.1) is 33.1 Å². The van der Waals surface area contributed by atoms with E-state index < -0.39 is 0 Å². The minimum absolute atomic E-state index is 0.160. The van der Waals surface area contributed by atoms with Gasteiger partial charge in [-0.2, -0.15) is 5.26 Å². The predicted octanol–water partition coefficient (Wildman–Crippen LogP) is 8.90. The molecular weight excluding hydrogens is 514 g/mol. The Bertz CT molecular complexity index is 2810. The van der Waals surface area contributed by atoms with Crippen molar-refractivity contribution in [3.63, 3.8) is 0 Å². The minimum Gasteiger partial charge on any atom is -0.308 e. The Kier molecular flexibility index (Phi) is 3.94. The number of hydrogen-bond donors (Lipinski definition) is 0. The molecule has 0 atom stereocenters. The van der Waals surface area contributed by atoms with Crippen LogP contribution in [0.5, 0.6) is 0 Å². The SMILES string of the molecule is N#Cc1nc(-n2c3ccccc3c3c4c5c6ccccc6ccc5n5c6ccccc6c(cc32)c45)c2ccccc2n1. The van der Waals surface area contributed by atoms with Crippen LogP contribution in [0.1, 0.15) is 5.82 Å². The Hall–Kier alpha value is -5.99. The smallest absolute Gasteiger partial charge is 0.234 e. The van der Waals surface area contributed by atoms with Crippen molar-refractivity contribution in [2.75, 3.05) is 0 Å². The molecule has 0 radical (unpaired) electrons. The maximum atomic E-state index is 9.89. The van der Waals surface area contributed by atoms with Gasteiger partial charge >= 0.3 is 0 Å². The topological polar surface area (TPSA) is 58.9 Å². The molecule has 0 aliphatic carbocycles. The average molecular weight is 534 g/mol. The van der Waals surface area contributed by atoms with Crippen molar-refractivity contribution < 1.29 is 0 Å². The molecule has 6 aromatic carbocycles. The van der Waals surface area contributed by atoms with Gasteiger partial charge in [-0.15, -0.1) is 0 Å². The molecule has 5 nitrogen and oxygen atoms in total. The lowest BCUT2D eigenvalue weighted by molar-refractivity contribution is 1.05. The standard InChI is InChI=1S/C37H19N5/c38-20-32-39-27-14-6-3-12-24(27)37(40-32)42-29-16-8-5-13-25(29)34-31(42)19-26-23-11-4-7-15-28(23)41-30-18-17-21-9-1-2-10-22(21)33(30)35(34)36(26)41/h1-19H. The number of nitriles is 1. The summed E-state index contributed by atoms with van der Waals surface area (Å²) in [6.07, 6.45) is 0. The van der Waals surface area contributed by atoms with Gasteiger partial charge in [0.15, 0.2) is 0 Å². The van der Waals surface area contributed by atoms with Crippen molar-refractivity contribution in [3.8, 4) is 11.9 Å². The van der Waals surface area contributed by atoms with E-state index in [2.05, 4.69) is 111 Å². The zero-order valence-corrected chi connectivity index (χ0v) is 22.2. The Morgan fingerprint density at radius 2 is 1.21 bits per heavy atom. The molecule has 0 aliphatic rings. The Labute approximate surface area is 238 Å². The van der Waals surface area contributed by atoms with Gasteiger partial charge in [-0.3, -0.25) is 4.57 Å². The number of aromatic nitrogens is 4. The molecule has 0 spiro atoms. The van der Waals surface area contributed by atoms with E-state index in [9.17, 15) is 5.26 Å². The second kappa shape index (κ2) is 7.60. The third kappa shape index (κ3) is 2.53. The lowest BCUT2D eigenvalue weighted by atomic mass is 9.98. The fourth-order valence-corrected chi connectivity index (χ4v) is 7.28. The van der Waals surface area contributed by atoms with E-state index >= 15 is 0 Å². The Morgan fingerprint density at radius 3 is 2.07 bits per heavy atom. The van der Waals surface area contributed by atoms with Gasteiger partial charge < -0.3 is 4.40 Å². The zero-order valence-electron chi connectivity index (χ0n) is 22.2. The van der Waals surface area contributed by atoms with Gasteiger partial charge in [0, 0.05) is 37.7 Å². The highest BCUT2D eigenvalue weighted by Crippen LogP contribution is 2.48. The number of fused-ring (bicyclic) bond motifs is 13. The van der Waals surface area contributed by atoms with Crippen molar-refractivity contribution in [3.05, 3.63) is 121 Å². The van der Waals surface area contributed by atoms with Crippen molar-refractivity contribution >= 4 is 81.6 Å². The molecule has 0 fully saturated rings. The van der Waals surface area contributed by atoms with Crippen LogP contribution in [0.4, 0.5) is 0 Å². The summed E-state index contributed by atoms with van der Waals surface area (Å²) >= 11 is 0. The largest absolute Gasteiger partial charge is 0.308 e. The second-order valence-electron chi connectivity index (χ2n) is 10.9. The van der Waals surface area contributed by atoms with Gasteiger partial charge in [0.1, 0.15) is 11.9 Å². The van der Waals surface area contributed by atoms with Gasteiger partial charge in [-0.05, 0) is 47.2 Å². The van der Waals surface area contributed by atoms with Gasteiger partial charge in [-0.1, -0.05) is 78.9 Å². The van der Waals surface area contributed by atoms with Gasteiger partial charge in [-0.25, -0.2) is 9.97 Å². The van der Waals surface area contributed by atoms with E-state index in [4.69, 9.17) is 4.98 Å². The maximum Gasteiger partial charge on any atom is 0.234 e. The minimum atomic E-state index is 0.160. The average Bonchev–Trinajstić information content (AvgIpc) is 3.68. The third-order valence-electron chi connectivity index (χ3n) is 8.89. The fourth-order valence-electron chi connectivity index (χ4n) is 7.28. The number of para-hydroxylation sites is 3. The van der Waals surface area contributed by atoms with E-state index in [0.29, 0.717) is 0 Å². The summed E-state index contributed by atoms with van der Waals surface area (Å²) < 4.78 is 4.68. The van der Waals surface area contributed by atoms with E-state index in [1.54, 1.807) is 0 Å². The summed E-state index contributed by atoms with van der Waals surface area (Å²) in [5.41, 5.74) is 6.51. The first-order valence-electron chi connectivity index (χ1n) is 14.0. The summed E-state index contributed by atoms with van der Waals surface area (Å²) in [7, 11) is 0. The molecule has 5 heteroatoms. The van der Waals surface area contributed by atoms with E-state index in [-0.39, 0.29) is 5.82 Å². The zero-order chi connectivity index (χ0) is 27.5. The molecule has 42 heavy (non-hydrogen) atoms. The summed E-state index contributed by atoms with van der Waals surface area (Å²) in [6.45, 7) is 0. The molecule has 0 bridgehead atoms. The van der Waals surface area contributed by atoms with Crippen molar-refractivity contribution in [2.24, 2.45) is 0 Å². The molecule has 10 aromatic rings.